The van der Waals surface area contributed by atoms with Crippen LogP contribution < -0.4 is 5.73 Å². The van der Waals surface area contributed by atoms with Crippen LogP contribution in [0.25, 0.3) is 0 Å². The highest BCUT2D eigenvalue weighted by atomic mass is 19.1. The fourth-order valence-corrected chi connectivity index (χ4v) is 2.32. The summed E-state index contributed by atoms with van der Waals surface area (Å²) in [5, 5.41) is 13.7. The van der Waals surface area contributed by atoms with E-state index in [9.17, 15) is 14.3 Å². The molecule has 21 heavy (non-hydrogen) atoms. The van der Waals surface area contributed by atoms with Crippen LogP contribution in [0.3, 0.4) is 0 Å². The molecule has 112 valence electrons. The van der Waals surface area contributed by atoms with Crippen LogP contribution in [-0.4, -0.2) is 32.4 Å². The Kier molecular flexibility index (Phi) is 4.32. The number of carbonyl (C=O) groups is 1. The van der Waals surface area contributed by atoms with E-state index in [0.717, 1.165) is 0 Å². The van der Waals surface area contributed by atoms with Crippen molar-refractivity contribution in [1.29, 1.82) is 0 Å². The Hall–Kier alpha value is -2.28. The lowest BCUT2D eigenvalue weighted by atomic mass is 9.77. The quantitative estimate of drug-likeness (QED) is 0.827. The van der Waals surface area contributed by atoms with Gasteiger partial charge in [-0.1, -0.05) is 12.1 Å². The second-order valence-corrected chi connectivity index (χ2v) is 4.77. The molecule has 1 atom stereocenters. The van der Waals surface area contributed by atoms with Gasteiger partial charge in [0.25, 0.3) is 0 Å². The number of aryl methyl sites for hydroxylation is 1. The van der Waals surface area contributed by atoms with Gasteiger partial charge < -0.3 is 10.8 Å². The van der Waals surface area contributed by atoms with E-state index in [1.807, 2.05) is 6.92 Å². The number of nitrogens with two attached hydrogens (primary N) is 1. The molecule has 6 nitrogen and oxygen atoms in total. The van der Waals surface area contributed by atoms with Gasteiger partial charge in [0, 0.05) is 19.5 Å². The monoisotopic (exact) mass is 292 g/mol. The second kappa shape index (κ2) is 6.01. The van der Waals surface area contributed by atoms with Crippen molar-refractivity contribution in [3.05, 3.63) is 47.8 Å². The van der Waals surface area contributed by atoms with Gasteiger partial charge in [-0.05, 0) is 24.6 Å². The van der Waals surface area contributed by atoms with E-state index < -0.39 is 17.2 Å². The highest BCUT2D eigenvalue weighted by Gasteiger charge is 2.41. The zero-order valence-electron chi connectivity index (χ0n) is 11.7. The van der Waals surface area contributed by atoms with Crippen molar-refractivity contribution in [3.63, 3.8) is 0 Å². The maximum atomic E-state index is 13.5. The molecular weight excluding hydrogens is 275 g/mol. The third-order valence-corrected chi connectivity index (χ3v) is 3.59. The van der Waals surface area contributed by atoms with E-state index in [1.165, 1.54) is 24.5 Å². The zero-order valence-corrected chi connectivity index (χ0v) is 11.7. The predicted molar refractivity (Wildman–Crippen MR) is 74.2 cm³/mol. The van der Waals surface area contributed by atoms with E-state index in [1.54, 1.807) is 10.7 Å². The maximum absolute atomic E-state index is 13.5. The first kappa shape index (κ1) is 15.1. The Balaban J connectivity index is 2.50. The minimum Gasteiger partial charge on any atom is -0.481 e. The van der Waals surface area contributed by atoms with Crippen molar-refractivity contribution >= 4 is 5.97 Å². The van der Waals surface area contributed by atoms with E-state index in [0.29, 0.717) is 17.9 Å². The molecule has 0 aliphatic heterocycles. The second-order valence-electron chi connectivity index (χ2n) is 4.77. The molecule has 0 saturated carbocycles. The largest absolute Gasteiger partial charge is 0.481 e. The van der Waals surface area contributed by atoms with Crippen LogP contribution in [0.2, 0.25) is 0 Å². The SMILES string of the molecule is CCn1ncnc1CC(CN)(C(=O)O)c1cccc(F)c1. The van der Waals surface area contributed by atoms with Gasteiger partial charge in [-0.15, -0.1) is 0 Å². The van der Waals surface area contributed by atoms with Gasteiger partial charge in [0.15, 0.2) is 0 Å². The predicted octanol–water partition coefficient (Wildman–Crippen LogP) is 0.961. The Morgan fingerprint density at radius 1 is 1.52 bits per heavy atom. The van der Waals surface area contributed by atoms with Crippen molar-refractivity contribution in [2.24, 2.45) is 5.73 Å². The number of hydrogen-bond acceptors (Lipinski definition) is 4. The fraction of sp³-hybridized carbons (Fsp3) is 0.357. The molecule has 1 aromatic carbocycles. The number of carboxylic acids is 1. The average Bonchev–Trinajstić information content (AvgIpc) is 2.91. The Bertz CT molecular complexity index is 643. The molecule has 0 aliphatic rings. The molecule has 0 saturated heterocycles. The van der Waals surface area contributed by atoms with Crippen molar-refractivity contribution in [2.75, 3.05) is 6.54 Å². The molecule has 3 N–H and O–H groups in total. The molecule has 1 aromatic heterocycles. The lowest BCUT2D eigenvalue weighted by Crippen LogP contribution is -2.45. The van der Waals surface area contributed by atoms with Gasteiger partial charge in [0.2, 0.25) is 0 Å². The zero-order chi connectivity index (χ0) is 15.5. The summed E-state index contributed by atoms with van der Waals surface area (Å²) in [6.07, 6.45) is 1.42. The standard InChI is InChI=1S/C14H17FN4O2/c1-2-19-12(17-9-18-19)7-14(8-16,13(20)21)10-4-3-5-11(15)6-10/h3-6,9H,2,7-8,16H2,1H3,(H,20,21). The summed E-state index contributed by atoms with van der Waals surface area (Å²) in [5.41, 5.74) is 4.63. The van der Waals surface area contributed by atoms with Crippen molar-refractivity contribution < 1.29 is 14.3 Å². The smallest absolute Gasteiger partial charge is 0.315 e. The number of benzene rings is 1. The van der Waals surface area contributed by atoms with Crippen LogP contribution in [0.4, 0.5) is 4.39 Å². The molecule has 0 bridgehead atoms. The van der Waals surface area contributed by atoms with Crippen molar-refractivity contribution in [2.45, 2.75) is 25.3 Å². The molecule has 1 heterocycles. The molecule has 7 heteroatoms. The number of aromatic nitrogens is 3. The van der Waals surface area contributed by atoms with Crippen molar-refractivity contribution in [3.8, 4) is 0 Å². The Morgan fingerprint density at radius 2 is 2.29 bits per heavy atom. The molecule has 1 unspecified atom stereocenters. The molecule has 0 amide bonds. The minimum atomic E-state index is -1.43. The Labute approximate surface area is 121 Å². The number of nitrogens with zero attached hydrogens (tertiary/aromatic N) is 3. The lowest BCUT2D eigenvalue weighted by molar-refractivity contribution is -0.143. The first-order valence-electron chi connectivity index (χ1n) is 6.59. The summed E-state index contributed by atoms with van der Waals surface area (Å²) >= 11 is 0. The lowest BCUT2D eigenvalue weighted by Gasteiger charge is -2.28. The van der Waals surface area contributed by atoms with Crippen LogP contribution in [0.5, 0.6) is 0 Å². The van der Waals surface area contributed by atoms with Gasteiger partial charge in [-0.25, -0.2) is 9.37 Å². The molecule has 2 rings (SSSR count). The normalized spacial score (nSPS) is 13.9. The highest BCUT2D eigenvalue weighted by Crippen LogP contribution is 2.28. The third kappa shape index (κ3) is 2.78. The molecule has 0 aliphatic carbocycles. The summed E-state index contributed by atoms with van der Waals surface area (Å²) in [6, 6.07) is 5.51. The molecular formula is C14H17FN4O2. The fourth-order valence-electron chi connectivity index (χ4n) is 2.32. The number of carboxylic acid groups (broad SMARTS) is 1. The Morgan fingerprint density at radius 3 is 2.86 bits per heavy atom. The molecule has 2 aromatic rings. The number of halogens is 1. The van der Waals surface area contributed by atoms with E-state index in [-0.39, 0.29) is 13.0 Å². The van der Waals surface area contributed by atoms with Gasteiger partial charge in [-0.2, -0.15) is 5.10 Å². The van der Waals surface area contributed by atoms with E-state index in [4.69, 9.17) is 5.73 Å². The maximum Gasteiger partial charge on any atom is 0.315 e. The summed E-state index contributed by atoms with van der Waals surface area (Å²) in [6.45, 7) is 2.28. The van der Waals surface area contributed by atoms with Gasteiger partial charge >= 0.3 is 5.97 Å². The van der Waals surface area contributed by atoms with Crippen LogP contribution in [-0.2, 0) is 23.2 Å². The molecule has 0 radical (unpaired) electrons. The summed E-state index contributed by atoms with van der Waals surface area (Å²) in [7, 11) is 0. The summed E-state index contributed by atoms with van der Waals surface area (Å²) in [4.78, 5) is 15.9. The third-order valence-electron chi connectivity index (χ3n) is 3.59. The number of hydrogen-bond donors (Lipinski definition) is 2. The summed E-state index contributed by atoms with van der Waals surface area (Å²) in [5.74, 6) is -1.10. The molecule has 0 spiro atoms. The first-order valence-corrected chi connectivity index (χ1v) is 6.59. The number of aliphatic carboxylic acids is 1. The van der Waals surface area contributed by atoms with Gasteiger partial charge in [-0.3, -0.25) is 9.48 Å². The van der Waals surface area contributed by atoms with Crippen LogP contribution in [0, 0.1) is 5.82 Å². The topological polar surface area (TPSA) is 94.0 Å². The van der Waals surface area contributed by atoms with Gasteiger partial charge in [0.05, 0.1) is 0 Å². The van der Waals surface area contributed by atoms with Crippen LogP contribution in [0.1, 0.15) is 18.3 Å². The van der Waals surface area contributed by atoms with Gasteiger partial charge in [0.1, 0.15) is 23.4 Å². The minimum absolute atomic E-state index is 0.0517. The van der Waals surface area contributed by atoms with Crippen LogP contribution >= 0.6 is 0 Å². The summed E-state index contributed by atoms with van der Waals surface area (Å²) < 4.78 is 15.1. The van der Waals surface area contributed by atoms with Crippen LogP contribution in [0.15, 0.2) is 30.6 Å². The first-order chi connectivity index (χ1) is 10.0. The average molecular weight is 292 g/mol. The molecule has 0 fully saturated rings. The highest BCUT2D eigenvalue weighted by molar-refractivity contribution is 5.82. The van der Waals surface area contributed by atoms with E-state index >= 15 is 0 Å². The van der Waals surface area contributed by atoms with E-state index in [2.05, 4.69) is 10.1 Å². The number of rotatable bonds is 6. The van der Waals surface area contributed by atoms with Crippen molar-refractivity contribution in [1.82, 2.24) is 14.8 Å².